The summed E-state index contributed by atoms with van der Waals surface area (Å²) in [6.45, 7) is 2.36. The molecule has 2 fully saturated rings. The summed E-state index contributed by atoms with van der Waals surface area (Å²) in [4.78, 5) is 13.6. The molecule has 2 aliphatic rings. The average molecular weight is 361 g/mol. The van der Waals surface area contributed by atoms with Crippen LogP contribution < -0.4 is 4.90 Å². The Kier molecular flexibility index (Phi) is 4.61. The molecule has 6 heteroatoms. The number of nitrogens with zero attached hydrogens (tertiary/aromatic N) is 4. The predicted molar refractivity (Wildman–Crippen MR) is 97.5 cm³/mol. The molecule has 4 rings (SSSR count). The summed E-state index contributed by atoms with van der Waals surface area (Å²) in [6.07, 6.45) is 5.30. The minimum absolute atomic E-state index is 0.228. The van der Waals surface area contributed by atoms with Gasteiger partial charge in [0.25, 0.3) is 0 Å². The minimum atomic E-state index is -0.228. The molecule has 0 amide bonds. The van der Waals surface area contributed by atoms with E-state index in [9.17, 15) is 4.39 Å². The van der Waals surface area contributed by atoms with E-state index in [0.29, 0.717) is 29.1 Å². The van der Waals surface area contributed by atoms with Crippen molar-refractivity contribution in [2.24, 2.45) is 0 Å². The summed E-state index contributed by atoms with van der Waals surface area (Å²) >= 11 is 6.16. The van der Waals surface area contributed by atoms with Crippen molar-refractivity contribution in [3.8, 4) is 0 Å². The number of halogens is 2. The van der Waals surface area contributed by atoms with Gasteiger partial charge in [-0.3, -0.25) is 4.90 Å². The fourth-order valence-corrected chi connectivity index (χ4v) is 3.69. The Labute approximate surface area is 152 Å². The molecule has 1 aromatic heterocycles. The van der Waals surface area contributed by atoms with Gasteiger partial charge in [0.2, 0.25) is 0 Å². The first-order valence-corrected chi connectivity index (χ1v) is 9.20. The van der Waals surface area contributed by atoms with Crippen LogP contribution in [-0.4, -0.2) is 41.0 Å². The van der Waals surface area contributed by atoms with Crippen LogP contribution >= 0.6 is 11.6 Å². The molecule has 0 bridgehead atoms. The molecular formula is C19H22ClFN4. The van der Waals surface area contributed by atoms with Crippen molar-refractivity contribution in [2.45, 2.75) is 37.8 Å². The summed E-state index contributed by atoms with van der Waals surface area (Å²) in [6, 6.07) is 7.21. The monoisotopic (exact) mass is 360 g/mol. The van der Waals surface area contributed by atoms with Crippen LogP contribution in [0.5, 0.6) is 0 Å². The average Bonchev–Trinajstić information content (AvgIpc) is 3.37. The van der Waals surface area contributed by atoms with Crippen molar-refractivity contribution >= 4 is 17.4 Å². The first kappa shape index (κ1) is 16.7. The fourth-order valence-electron chi connectivity index (χ4n) is 3.46. The second-order valence-electron chi connectivity index (χ2n) is 7.04. The first-order valence-electron chi connectivity index (χ1n) is 8.83. The van der Waals surface area contributed by atoms with Crippen LogP contribution in [0.4, 0.5) is 10.2 Å². The van der Waals surface area contributed by atoms with E-state index in [1.54, 1.807) is 12.1 Å². The van der Waals surface area contributed by atoms with Crippen molar-refractivity contribution in [1.29, 1.82) is 0 Å². The number of likely N-dealkylation sites (tertiary alicyclic amines) is 1. The smallest absolute Gasteiger partial charge is 0.133 e. The van der Waals surface area contributed by atoms with Gasteiger partial charge in [0.1, 0.15) is 17.5 Å². The van der Waals surface area contributed by atoms with E-state index >= 15 is 0 Å². The van der Waals surface area contributed by atoms with E-state index in [-0.39, 0.29) is 5.82 Å². The van der Waals surface area contributed by atoms with Crippen molar-refractivity contribution in [3.05, 3.63) is 52.7 Å². The number of rotatable bonds is 5. The highest BCUT2D eigenvalue weighted by molar-refractivity contribution is 6.31. The zero-order valence-electron chi connectivity index (χ0n) is 14.3. The number of aromatic nitrogens is 2. The molecule has 0 N–H and O–H groups in total. The largest absolute Gasteiger partial charge is 0.355 e. The third-order valence-corrected chi connectivity index (χ3v) is 5.56. The van der Waals surface area contributed by atoms with Gasteiger partial charge in [-0.25, -0.2) is 14.4 Å². The highest BCUT2D eigenvalue weighted by Gasteiger charge is 2.30. The Bertz CT molecular complexity index is 745. The van der Waals surface area contributed by atoms with Gasteiger partial charge in [-0.05, 0) is 37.5 Å². The Balaban J connectivity index is 1.42. The van der Waals surface area contributed by atoms with Gasteiger partial charge in [0.15, 0.2) is 0 Å². The summed E-state index contributed by atoms with van der Waals surface area (Å²) in [5.41, 5.74) is 0.588. The predicted octanol–water partition coefficient (Wildman–Crippen LogP) is 3.86. The summed E-state index contributed by atoms with van der Waals surface area (Å²) < 4.78 is 14.0. The molecular weight excluding hydrogens is 339 g/mol. The Morgan fingerprint density at radius 2 is 2.12 bits per heavy atom. The molecule has 1 aliphatic heterocycles. The molecule has 0 spiro atoms. The SMILES string of the molecule is CN(c1ccnc(C2CC2)n1)C1CCN(Cc2c(F)cccc2Cl)C1. The zero-order valence-corrected chi connectivity index (χ0v) is 15.1. The highest BCUT2D eigenvalue weighted by Crippen LogP contribution is 2.38. The maximum Gasteiger partial charge on any atom is 0.133 e. The Morgan fingerprint density at radius 1 is 1.28 bits per heavy atom. The zero-order chi connectivity index (χ0) is 17.4. The van der Waals surface area contributed by atoms with Crippen LogP contribution in [0.15, 0.2) is 30.5 Å². The van der Waals surface area contributed by atoms with Crippen molar-refractivity contribution in [2.75, 3.05) is 25.0 Å². The van der Waals surface area contributed by atoms with Crippen LogP contribution in [-0.2, 0) is 6.54 Å². The lowest BCUT2D eigenvalue weighted by atomic mass is 10.2. The number of anilines is 1. The van der Waals surface area contributed by atoms with Crippen LogP contribution in [0.2, 0.25) is 5.02 Å². The molecule has 132 valence electrons. The molecule has 1 saturated carbocycles. The van der Waals surface area contributed by atoms with Gasteiger partial charge in [0, 0.05) is 55.4 Å². The van der Waals surface area contributed by atoms with Crippen molar-refractivity contribution in [3.63, 3.8) is 0 Å². The van der Waals surface area contributed by atoms with E-state index in [2.05, 4.69) is 21.8 Å². The third kappa shape index (κ3) is 3.62. The van der Waals surface area contributed by atoms with Gasteiger partial charge < -0.3 is 4.90 Å². The Hall–Kier alpha value is -1.72. The molecule has 2 aromatic rings. The lowest BCUT2D eigenvalue weighted by molar-refractivity contribution is 0.320. The van der Waals surface area contributed by atoms with Gasteiger partial charge in [0.05, 0.1) is 0 Å². The van der Waals surface area contributed by atoms with E-state index in [4.69, 9.17) is 16.6 Å². The number of benzene rings is 1. The molecule has 1 aliphatic carbocycles. The topological polar surface area (TPSA) is 32.3 Å². The summed E-state index contributed by atoms with van der Waals surface area (Å²) in [7, 11) is 2.09. The highest BCUT2D eigenvalue weighted by atomic mass is 35.5. The van der Waals surface area contributed by atoms with Crippen LogP contribution in [0.25, 0.3) is 0 Å². The van der Waals surface area contributed by atoms with E-state index < -0.39 is 0 Å². The van der Waals surface area contributed by atoms with E-state index in [1.165, 1.54) is 18.9 Å². The molecule has 25 heavy (non-hydrogen) atoms. The molecule has 1 aromatic carbocycles. The number of likely N-dealkylation sites (N-methyl/N-ethyl adjacent to an activating group) is 1. The molecule has 1 unspecified atom stereocenters. The van der Waals surface area contributed by atoms with Crippen LogP contribution in [0, 0.1) is 5.82 Å². The van der Waals surface area contributed by atoms with E-state index in [1.807, 2.05) is 12.3 Å². The molecule has 1 saturated heterocycles. The first-order chi connectivity index (χ1) is 12.1. The second-order valence-corrected chi connectivity index (χ2v) is 7.44. The summed E-state index contributed by atoms with van der Waals surface area (Å²) in [5, 5.41) is 0.502. The summed E-state index contributed by atoms with van der Waals surface area (Å²) in [5.74, 6) is 2.27. The minimum Gasteiger partial charge on any atom is -0.355 e. The molecule has 1 atom stereocenters. The molecule has 0 radical (unpaired) electrons. The fraction of sp³-hybridized carbons (Fsp3) is 0.474. The normalized spacial score (nSPS) is 20.8. The van der Waals surface area contributed by atoms with Gasteiger partial charge >= 0.3 is 0 Å². The molecule has 2 heterocycles. The lowest BCUT2D eigenvalue weighted by Crippen LogP contribution is -2.35. The van der Waals surface area contributed by atoms with Crippen molar-refractivity contribution in [1.82, 2.24) is 14.9 Å². The lowest BCUT2D eigenvalue weighted by Gasteiger charge is -2.26. The standard InChI is InChI=1S/C19H22ClFN4/c1-24(18-7-9-22-19(23-18)13-5-6-13)14-8-10-25(11-14)12-15-16(20)3-2-4-17(15)21/h2-4,7,9,13-14H,5-6,8,10-12H2,1H3. The van der Waals surface area contributed by atoms with Crippen LogP contribution in [0.3, 0.4) is 0 Å². The van der Waals surface area contributed by atoms with Gasteiger partial charge in [-0.1, -0.05) is 17.7 Å². The van der Waals surface area contributed by atoms with Gasteiger partial charge in [-0.2, -0.15) is 0 Å². The second kappa shape index (κ2) is 6.89. The Morgan fingerprint density at radius 3 is 2.88 bits per heavy atom. The quantitative estimate of drug-likeness (QED) is 0.810. The maximum absolute atomic E-state index is 14.0. The van der Waals surface area contributed by atoms with Gasteiger partial charge in [-0.15, -0.1) is 0 Å². The van der Waals surface area contributed by atoms with Crippen LogP contribution in [0.1, 0.15) is 36.6 Å². The molecule has 4 nitrogen and oxygen atoms in total. The third-order valence-electron chi connectivity index (χ3n) is 5.20. The van der Waals surface area contributed by atoms with E-state index in [0.717, 1.165) is 31.2 Å². The van der Waals surface area contributed by atoms with Crippen molar-refractivity contribution < 1.29 is 4.39 Å². The number of hydrogen-bond donors (Lipinski definition) is 0. The number of hydrogen-bond acceptors (Lipinski definition) is 4. The maximum atomic E-state index is 14.0.